The number of fused-ring (bicyclic) bond motifs is 1. The van der Waals surface area contributed by atoms with Crippen molar-refractivity contribution in [3.8, 4) is 0 Å². The molecule has 15 heavy (non-hydrogen) atoms. The van der Waals surface area contributed by atoms with E-state index in [-0.39, 0.29) is 5.56 Å². The van der Waals surface area contributed by atoms with E-state index in [1.54, 1.807) is 18.2 Å². The fourth-order valence-corrected chi connectivity index (χ4v) is 1.65. The zero-order valence-electron chi connectivity index (χ0n) is 9.05. The van der Waals surface area contributed by atoms with Crippen LogP contribution in [0.2, 0.25) is 0 Å². The molecule has 82 valence electrons. The zero-order valence-corrected chi connectivity index (χ0v) is 9.05. The summed E-state index contributed by atoms with van der Waals surface area (Å²) in [5, 5.41) is 0. The summed E-state index contributed by atoms with van der Waals surface area (Å²) in [5.74, 6) is -5.25. The van der Waals surface area contributed by atoms with Crippen LogP contribution in [0.3, 0.4) is 0 Å². The number of rotatable bonds is 0. The molecule has 0 radical (unpaired) electrons. The van der Waals surface area contributed by atoms with Crippen molar-refractivity contribution >= 4 is 5.78 Å². The first-order valence-electron chi connectivity index (χ1n) is 5.06. The van der Waals surface area contributed by atoms with Crippen LogP contribution in [0.4, 0.5) is 8.78 Å². The van der Waals surface area contributed by atoms with Crippen molar-refractivity contribution in [1.82, 2.24) is 0 Å². The van der Waals surface area contributed by atoms with Crippen LogP contribution in [0.1, 0.15) is 42.6 Å². The molecule has 0 heterocycles. The van der Waals surface area contributed by atoms with Crippen LogP contribution < -0.4 is 0 Å². The largest absolute Gasteiger partial charge is 0.316 e. The van der Waals surface area contributed by atoms with Crippen LogP contribution in [0, 0.1) is 0 Å². The second-order valence-electron chi connectivity index (χ2n) is 3.26. The van der Waals surface area contributed by atoms with Crippen molar-refractivity contribution in [2.24, 2.45) is 0 Å². The van der Waals surface area contributed by atoms with Crippen LogP contribution in [-0.2, 0) is 0 Å². The van der Waals surface area contributed by atoms with E-state index < -0.39 is 17.6 Å². The molecule has 0 saturated heterocycles. The van der Waals surface area contributed by atoms with Gasteiger partial charge in [0, 0.05) is 5.56 Å². The quantitative estimate of drug-likeness (QED) is 0.641. The van der Waals surface area contributed by atoms with Gasteiger partial charge in [0.15, 0.2) is 0 Å². The van der Waals surface area contributed by atoms with Gasteiger partial charge in [-0.15, -0.1) is 0 Å². The highest BCUT2D eigenvalue weighted by molar-refractivity contribution is 6.06. The molecule has 1 aromatic rings. The van der Waals surface area contributed by atoms with Gasteiger partial charge in [0.05, 0.1) is 5.92 Å². The molecule has 1 aliphatic carbocycles. The number of carbonyl (C=O) groups excluding carboxylic acids is 1. The molecule has 1 aliphatic rings. The first-order valence-corrected chi connectivity index (χ1v) is 5.06. The van der Waals surface area contributed by atoms with Crippen LogP contribution in [-0.4, -0.2) is 11.7 Å². The summed E-state index contributed by atoms with van der Waals surface area (Å²) in [6.45, 7) is 5.38. The second kappa shape index (κ2) is 4.09. The van der Waals surface area contributed by atoms with Gasteiger partial charge in [0.2, 0.25) is 5.78 Å². The number of Topliss-reactive ketones (excluding diaryl/α,β-unsaturated/α-hetero) is 1. The monoisotopic (exact) mass is 212 g/mol. The fourth-order valence-electron chi connectivity index (χ4n) is 1.65. The predicted molar refractivity (Wildman–Crippen MR) is 55.5 cm³/mol. The Hall–Kier alpha value is -1.25. The fraction of sp³-hybridized carbons (Fsp3) is 0.417. The Labute approximate surface area is 88.1 Å². The highest BCUT2D eigenvalue weighted by Crippen LogP contribution is 2.43. The summed E-state index contributed by atoms with van der Waals surface area (Å²) in [7, 11) is 0. The first kappa shape index (κ1) is 11.8. The average Bonchev–Trinajstić information content (AvgIpc) is 2.45. The molecule has 2 rings (SSSR count). The normalized spacial score (nSPS) is 21.7. The standard InChI is InChI=1S/C10H8F2O.C2H6/c1-6-7-4-2-3-5-8(7)9(13)10(6,11)12;1-2/h2-6H,1H3;1-2H3/t6-;/m0./s1. The van der Waals surface area contributed by atoms with Crippen molar-refractivity contribution in [3.05, 3.63) is 35.4 Å². The molecule has 0 fully saturated rings. The third kappa shape index (κ3) is 1.66. The minimum absolute atomic E-state index is 0.167. The van der Waals surface area contributed by atoms with Crippen molar-refractivity contribution in [1.29, 1.82) is 0 Å². The Morgan fingerprint density at radius 2 is 1.73 bits per heavy atom. The van der Waals surface area contributed by atoms with Gasteiger partial charge in [-0.25, -0.2) is 0 Å². The van der Waals surface area contributed by atoms with Crippen molar-refractivity contribution in [3.63, 3.8) is 0 Å². The lowest BCUT2D eigenvalue weighted by Crippen LogP contribution is -2.26. The first-order chi connectivity index (χ1) is 7.05. The van der Waals surface area contributed by atoms with Gasteiger partial charge in [-0.3, -0.25) is 4.79 Å². The van der Waals surface area contributed by atoms with E-state index in [2.05, 4.69) is 0 Å². The summed E-state index contributed by atoms with van der Waals surface area (Å²) in [4.78, 5) is 11.2. The lowest BCUT2D eigenvalue weighted by Gasteiger charge is -2.12. The minimum atomic E-state index is -3.22. The minimum Gasteiger partial charge on any atom is -0.287 e. The number of benzene rings is 1. The van der Waals surface area contributed by atoms with Gasteiger partial charge in [-0.05, 0) is 5.56 Å². The molecule has 1 aromatic carbocycles. The summed E-state index contributed by atoms with van der Waals surface area (Å²) >= 11 is 0. The molecule has 3 heteroatoms. The average molecular weight is 212 g/mol. The second-order valence-corrected chi connectivity index (χ2v) is 3.26. The summed E-state index contributed by atoms with van der Waals surface area (Å²) in [5.41, 5.74) is 0.623. The van der Waals surface area contributed by atoms with E-state index in [1.807, 2.05) is 13.8 Å². The highest BCUT2D eigenvalue weighted by atomic mass is 19.3. The zero-order chi connectivity index (χ0) is 11.6. The topological polar surface area (TPSA) is 17.1 Å². The predicted octanol–water partition coefficient (Wildman–Crippen LogP) is 3.65. The van der Waals surface area contributed by atoms with E-state index in [1.165, 1.54) is 13.0 Å². The van der Waals surface area contributed by atoms with Crippen LogP contribution in [0.5, 0.6) is 0 Å². The van der Waals surface area contributed by atoms with Crippen molar-refractivity contribution < 1.29 is 13.6 Å². The lowest BCUT2D eigenvalue weighted by molar-refractivity contribution is 0.00260. The number of ketones is 1. The van der Waals surface area contributed by atoms with E-state index in [0.717, 1.165) is 0 Å². The van der Waals surface area contributed by atoms with E-state index in [9.17, 15) is 13.6 Å². The number of carbonyl (C=O) groups is 1. The Kier molecular flexibility index (Phi) is 3.22. The number of halogens is 2. The molecule has 0 amide bonds. The van der Waals surface area contributed by atoms with Gasteiger partial charge < -0.3 is 0 Å². The molecule has 0 unspecified atom stereocenters. The van der Waals surface area contributed by atoms with Gasteiger partial charge in [0.25, 0.3) is 0 Å². The van der Waals surface area contributed by atoms with Crippen LogP contribution in [0.25, 0.3) is 0 Å². The van der Waals surface area contributed by atoms with Crippen LogP contribution in [0.15, 0.2) is 24.3 Å². The van der Waals surface area contributed by atoms with Crippen molar-refractivity contribution in [2.45, 2.75) is 32.6 Å². The van der Waals surface area contributed by atoms with E-state index in [0.29, 0.717) is 5.56 Å². The third-order valence-electron chi connectivity index (χ3n) is 2.52. The Morgan fingerprint density at radius 1 is 1.20 bits per heavy atom. The maximum atomic E-state index is 13.2. The lowest BCUT2D eigenvalue weighted by atomic mass is 10.0. The molecule has 1 nitrogen and oxygen atoms in total. The molecular formula is C12H14F2O. The molecule has 0 spiro atoms. The summed E-state index contributed by atoms with van der Waals surface area (Å²) in [6.07, 6.45) is 0. The van der Waals surface area contributed by atoms with Gasteiger partial charge in [0.1, 0.15) is 0 Å². The smallest absolute Gasteiger partial charge is 0.287 e. The third-order valence-corrected chi connectivity index (χ3v) is 2.52. The number of hydrogen-bond acceptors (Lipinski definition) is 1. The molecule has 0 N–H and O–H groups in total. The van der Waals surface area contributed by atoms with Gasteiger partial charge in [-0.2, -0.15) is 8.78 Å². The number of hydrogen-bond donors (Lipinski definition) is 0. The maximum Gasteiger partial charge on any atom is 0.316 e. The van der Waals surface area contributed by atoms with Gasteiger partial charge >= 0.3 is 5.92 Å². The van der Waals surface area contributed by atoms with E-state index >= 15 is 0 Å². The molecular weight excluding hydrogens is 198 g/mol. The van der Waals surface area contributed by atoms with Crippen LogP contribution >= 0.6 is 0 Å². The Bertz CT molecular complexity index is 372. The summed E-state index contributed by atoms with van der Waals surface area (Å²) < 4.78 is 26.3. The molecule has 0 aliphatic heterocycles. The molecule has 0 aromatic heterocycles. The molecule has 1 atom stereocenters. The molecule has 0 saturated carbocycles. The maximum absolute atomic E-state index is 13.2. The number of alkyl halides is 2. The summed E-state index contributed by atoms with van der Waals surface area (Å²) in [6, 6.07) is 6.31. The SMILES string of the molecule is CC.C[C@H]1c2ccccc2C(=O)C1(F)F. The highest BCUT2D eigenvalue weighted by Gasteiger charge is 2.52. The Balaban J connectivity index is 0.000000531. The van der Waals surface area contributed by atoms with Gasteiger partial charge in [-0.1, -0.05) is 45.0 Å². The van der Waals surface area contributed by atoms with Crippen molar-refractivity contribution in [2.75, 3.05) is 0 Å². The molecule has 0 bridgehead atoms. The Morgan fingerprint density at radius 3 is 2.27 bits per heavy atom. The van der Waals surface area contributed by atoms with E-state index in [4.69, 9.17) is 0 Å².